The molecule has 0 spiro atoms. The highest BCUT2D eigenvalue weighted by Gasteiger charge is 2.16. The van der Waals surface area contributed by atoms with Crippen molar-refractivity contribution >= 4 is 52.3 Å². The molecule has 0 aliphatic rings. The Balaban J connectivity index is 0.00000162. The van der Waals surface area contributed by atoms with E-state index >= 15 is 0 Å². The topological polar surface area (TPSA) is 59.2 Å². The van der Waals surface area contributed by atoms with Crippen LogP contribution >= 0.6 is 36.2 Å². The molecule has 106 valence electrons. The summed E-state index contributed by atoms with van der Waals surface area (Å²) in [6.45, 7) is 2.40. The Morgan fingerprint density at radius 1 is 1.47 bits per heavy atom. The van der Waals surface area contributed by atoms with Crippen molar-refractivity contribution in [2.75, 3.05) is 13.6 Å². The molecular weight excluding hydrogens is 305 g/mol. The van der Waals surface area contributed by atoms with Crippen LogP contribution in [-0.2, 0) is 0 Å². The lowest BCUT2D eigenvalue weighted by Gasteiger charge is -2.23. The summed E-state index contributed by atoms with van der Waals surface area (Å²) in [5.41, 5.74) is 8.96. The second-order valence-corrected chi connectivity index (χ2v) is 4.92. The maximum Gasteiger partial charge on any atom is 0.253 e. The van der Waals surface area contributed by atoms with Crippen LogP contribution in [0.3, 0.4) is 0 Å². The van der Waals surface area contributed by atoms with E-state index in [0.717, 1.165) is 10.2 Å². The third-order valence-corrected chi connectivity index (χ3v) is 3.69. The van der Waals surface area contributed by atoms with Crippen LogP contribution in [0.25, 0.3) is 10.2 Å². The zero-order valence-electron chi connectivity index (χ0n) is 10.7. The zero-order chi connectivity index (χ0) is 12.4. The molecule has 2 aromatic rings. The molecule has 19 heavy (non-hydrogen) atoms. The standard InChI is InChI=1S/C12H15N3OS.2ClH/c1-8(6-13)15(2)12(16)9-3-4-10-11(5-9)17-7-14-10;;/h3-5,7-8H,6,13H2,1-2H3;2*1H. The normalized spacial score (nSPS) is 11.3. The number of rotatable bonds is 3. The van der Waals surface area contributed by atoms with Crippen LogP contribution in [0.4, 0.5) is 0 Å². The fourth-order valence-corrected chi connectivity index (χ4v) is 2.27. The lowest BCUT2D eigenvalue weighted by atomic mass is 10.1. The second-order valence-electron chi connectivity index (χ2n) is 4.04. The molecule has 0 saturated carbocycles. The third-order valence-electron chi connectivity index (χ3n) is 2.90. The number of benzene rings is 1. The van der Waals surface area contributed by atoms with Gasteiger partial charge in [0.25, 0.3) is 5.91 Å². The van der Waals surface area contributed by atoms with Gasteiger partial charge in [-0.25, -0.2) is 4.98 Å². The maximum atomic E-state index is 12.2. The van der Waals surface area contributed by atoms with E-state index in [1.54, 1.807) is 17.5 Å². The molecule has 1 amide bonds. The molecule has 1 unspecified atom stereocenters. The van der Waals surface area contributed by atoms with Gasteiger partial charge in [-0.15, -0.1) is 36.2 Å². The predicted molar refractivity (Wildman–Crippen MR) is 84.7 cm³/mol. The molecule has 1 aromatic carbocycles. The number of hydrogen-bond donors (Lipinski definition) is 1. The zero-order valence-corrected chi connectivity index (χ0v) is 13.1. The van der Waals surface area contributed by atoms with E-state index in [0.29, 0.717) is 12.1 Å². The van der Waals surface area contributed by atoms with E-state index in [9.17, 15) is 4.79 Å². The summed E-state index contributed by atoms with van der Waals surface area (Å²) in [5.74, 6) is -0.00162. The summed E-state index contributed by atoms with van der Waals surface area (Å²) in [6.07, 6.45) is 0. The van der Waals surface area contributed by atoms with Crippen molar-refractivity contribution in [1.29, 1.82) is 0 Å². The molecule has 7 heteroatoms. The first-order valence-corrected chi connectivity index (χ1v) is 6.32. The second kappa shape index (κ2) is 7.65. The fourth-order valence-electron chi connectivity index (χ4n) is 1.55. The largest absolute Gasteiger partial charge is 0.338 e. The predicted octanol–water partition coefficient (Wildman–Crippen LogP) is 2.56. The number of aromatic nitrogens is 1. The molecule has 0 radical (unpaired) electrons. The molecule has 2 N–H and O–H groups in total. The van der Waals surface area contributed by atoms with Crippen molar-refractivity contribution in [3.63, 3.8) is 0 Å². The summed E-state index contributed by atoms with van der Waals surface area (Å²) in [6, 6.07) is 5.61. The van der Waals surface area contributed by atoms with Gasteiger partial charge in [0.2, 0.25) is 0 Å². The number of nitrogens with two attached hydrogens (primary N) is 1. The quantitative estimate of drug-likeness (QED) is 0.945. The Bertz CT molecular complexity index is 547. The smallest absolute Gasteiger partial charge is 0.253 e. The van der Waals surface area contributed by atoms with Crippen molar-refractivity contribution in [1.82, 2.24) is 9.88 Å². The summed E-state index contributed by atoms with van der Waals surface area (Å²) >= 11 is 1.54. The number of nitrogens with zero attached hydrogens (tertiary/aromatic N) is 2. The Labute approximate surface area is 128 Å². The first-order valence-electron chi connectivity index (χ1n) is 5.44. The van der Waals surface area contributed by atoms with Crippen LogP contribution in [0.2, 0.25) is 0 Å². The van der Waals surface area contributed by atoms with Crippen molar-refractivity contribution < 1.29 is 4.79 Å². The van der Waals surface area contributed by atoms with E-state index in [2.05, 4.69) is 4.98 Å². The molecule has 0 fully saturated rings. The van der Waals surface area contributed by atoms with E-state index in [1.807, 2.05) is 25.1 Å². The highest BCUT2D eigenvalue weighted by molar-refractivity contribution is 7.16. The minimum absolute atomic E-state index is 0. The number of hydrogen-bond acceptors (Lipinski definition) is 4. The number of carbonyl (C=O) groups excluding carboxylic acids is 1. The Morgan fingerprint density at radius 3 is 2.79 bits per heavy atom. The van der Waals surface area contributed by atoms with Gasteiger partial charge in [0.1, 0.15) is 0 Å². The van der Waals surface area contributed by atoms with E-state index < -0.39 is 0 Å². The third kappa shape index (κ3) is 3.79. The maximum absolute atomic E-state index is 12.2. The number of thiazole rings is 1. The van der Waals surface area contributed by atoms with Gasteiger partial charge < -0.3 is 10.6 Å². The SMILES string of the molecule is CC(CN)N(C)C(=O)c1ccc2ncsc2c1.Cl.Cl. The average Bonchev–Trinajstić information content (AvgIpc) is 2.83. The minimum Gasteiger partial charge on any atom is -0.338 e. The van der Waals surface area contributed by atoms with Gasteiger partial charge in [-0.1, -0.05) is 0 Å². The van der Waals surface area contributed by atoms with Gasteiger partial charge in [-0.2, -0.15) is 0 Å². The van der Waals surface area contributed by atoms with Gasteiger partial charge in [-0.05, 0) is 25.1 Å². The first kappa shape index (κ1) is 18.1. The molecule has 0 saturated heterocycles. The Hall–Kier alpha value is -0.880. The number of halogens is 2. The van der Waals surface area contributed by atoms with Crippen LogP contribution in [0, 0.1) is 0 Å². The summed E-state index contributed by atoms with van der Waals surface area (Å²) in [7, 11) is 1.77. The fraction of sp³-hybridized carbons (Fsp3) is 0.333. The molecule has 0 aliphatic heterocycles. The number of likely N-dealkylation sites (N-methyl/N-ethyl adjacent to an activating group) is 1. The molecule has 1 heterocycles. The molecule has 0 aliphatic carbocycles. The first-order chi connectivity index (χ1) is 8.13. The molecule has 4 nitrogen and oxygen atoms in total. The monoisotopic (exact) mass is 321 g/mol. The van der Waals surface area contributed by atoms with Crippen LogP contribution in [0.1, 0.15) is 17.3 Å². The molecule has 0 bridgehead atoms. The minimum atomic E-state index is -0.00162. The number of amides is 1. The van der Waals surface area contributed by atoms with Crippen LogP contribution in [0.15, 0.2) is 23.7 Å². The summed E-state index contributed by atoms with van der Waals surface area (Å²) in [5, 5.41) is 0. The molecule has 2 rings (SSSR count). The van der Waals surface area contributed by atoms with Crippen molar-refractivity contribution in [2.45, 2.75) is 13.0 Å². The van der Waals surface area contributed by atoms with Gasteiger partial charge in [0.05, 0.1) is 15.7 Å². The van der Waals surface area contributed by atoms with Gasteiger partial charge in [0, 0.05) is 25.2 Å². The van der Waals surface area contributed by atoms with E-state index in [1.165, 1.54) is 11.3 Å². The highest BCUT2D eigenvalue weighted by atomic mass is 35.5. The molecule has 1 aromatic heterocycles. The lowest BCUT2D eigenvalue weighted by molar-refractivity contribution is 0.0748. The number of carbonyl (C=O) groups is 1. The summed E-state index contributed by atoms with van der Waals surface area (Å²) in [4.78, 5) is 18.0. The van der Waals surface area contributed by atoms with Crippen molar-refractivity contribution in [3.8, 4) is 0 Å². The highest BCUT2D eigenvalue weighted by Crippen LogP contribution is 2.20. The number of fused-ring (bicyclic) bond motifs is 1. The van der Waals surface area contributed by atoms with Gasteiger partial charge in [-0.3, -0.25) is 4.79 Å². The van der Waals surface area contributed by atoms with E-state index in [-0.39, 0.29) is 36.8 Å². The van der Waals surface area contributed by atoms with Crippen LogP contribution in [-0.4, -0.2) is 35.4 Å². The van der Waals surface area contributed by atoms with Crippen molar-refractivity contribution in [2.24, 2.45) is 5.73 Å². The Kier molecular flexibility index (Phi) is 7.29. The lowest BCUT2D eigenvalue weighted by Crippen LogP contribution is -2.39. The molecular formula is C12H17Cl2N3OS. The Morgan fingerprint density at radius 2 is 2.16 bits per heavy atom. The van der Waals surface area contributed by atoms with Crippen LogP contribution < -0.4 is 5.73 Å². The average molecular weight is 322 g/mol. The molecule has 1 atom stereocenters. The van der Waals surface area contributed by atoms with E-state index in [4.69, 9.17) is 5.73 Å². The van der Waals surface area contributed by atoms with Crippen LogP contribution in [0.5, 0.6) is 0 Å². The summed E-state index contributed by atoms with van der Waals surface area (Å²) < 4.78 is 1.03. The van der Waals surface area contributed by atoms with Gasteiger partial charge >= 0.3 is 0 Å². The van der Waals surface area contributed by atoms with Crippen molar-refractivity contribution in [3.05, 3.63) is 29.3 Å². The van der Waals surface area contributed by atoms with Gasteiger partial charge in [0.15, 0.2) is 0 Å².